The molecule has 1 aliphatic rings. The third-order valence-electron chi connectivity index (χ3n) is 6.57. The first-order valence-corrected chi connectivity index (χ1v) is 11.3. The molecule has 0 bridgehead atoms. The van der Waals surface area contributed by atoms with Crippen molar-refractivity contribution in [3.8, 4) is 16.9 Å². The number of hydrogen-bond donors (Lipinski definition) is 1. The lowest BCUT2D eigenvalue weighted by atomic mass is 9.73. The van der Waals surface area contributed by atoms with Crippen molar-refractivity contribution in [2.75, 3.05) is 20.2 Å². The normalized spacial score (nSPS) is 18.0. The maximum atomic E-state index is 13.2. The first-order chi connectivity index (χ1) is 16.0. The van der Waals surface area contributed by atoms with E-state index in [2.05, 4.69) is 24.3 Å². The zero-order chi connectivity index (χ0) is 23.3. The summed E-state index contributed by atoms with van der Waals surface area (Å²) in [5.41, 5.74) is 9.38. The molecule has 2 N–H and O–H groups in total. The number of piperidine rings is 1. The van der Waals surface area contributed by atoms with Crippen LogP contribution in [-0.2, 0) is 22.4 Å². The number of methoxy groups -OCH3 is 1. The van der Waals surface area contributed by atoms with Crippen LogP contribution in [0.15, 0.2) is 78.9 Å². The second-order valence-electron chi connectivity index (χ2n) is 8.79. The fraction of sp³-hybridized carbons (Fsp3) is 0.286. The van der Waals surface area contributed by atoms with Crippen molar-refractivity contribution in [3.05, 3.63) is 90.0 Å². The second-order valence-corrected chi connectivity index (χ2v) is 8.79. The summed E-state index contributed by atoms with van der Waals surface area (Å²) in [7, 11) is 1.61. The Labute approximate surface area is 195 Å². The van der Waals surface area contributed by atoms with Gasteiger partial charge < -0.3 is 15.4 Å². The van der Waals surface area contributed by atoms with Crippen molar-refractivity contribution in [3.63, 3.8) is 0 Å². The summed E-state index contributed by atoms with van der Waals surface area (Å²) in [4.78, 5) is 27.8. The third kappa shape index (κ3) is 5.08. The Morgan fingerprint density at radius 1 is 1.00 bits per heavy atom. The molecule has 0 spiro atoms. The zero-order valence-corrected chi connectivity index (χ0v) is 19.0. The number of amides is 2. The number of hydrogen-bond acceptors (Lipinski definition) is 3. The molecule has 1 atom stereocenters. The van der Waals surface area contributed by atoms with Gasteiger partial charge in [0.25, 0.3) is 0 Å². The molecule has 1 aliphatic heterocycles. The molecule has 1 fully saturated rings. The number of benzene rings is 3. The Hall–Kier alpha value is -3.60. The molecule has 0 aromatic heterocycles. The number of nitrogens with zero attached hydrogens (tertiary/aromatic N) is 1. The summed E-state index contributed by atoms with van der Waals surface area (Å²) >= 11 is 0. The number of carbonyl (C=O) groups excluding carboxylic acids is 2. The van der Waals surface area contributed by atoms with E-state index < -0.39 is 5.41 Å². The first-order valence-electron chi connectivity index (χ1n) is 11.3. The molecule has 1 heterocycles. The van der Waals surface area contributed by atoms with Crippen molar-refractivity contribution < 1.29 is 14.3 Å². The Morgan fingerprint density at radius 3 is 2.52 bits per heavy atom. The number of rotatable bonds is 7. The van der Waals surface area contributed by atoms with Crippen LogP contribution in [0.25, 0.3) is 11.1 Å². The van der Waals surface area contributed by atoms with Gasteiger partial charge in [-0.25, -0.2) is 0 Å². The lowest BCUT2D eigenvalue weighted by Gasteiger charge is -2.41. The second kappa shape index (κ2) is 9.90. The van der Waals surface area contributed by atoms with Crippen LogP contribution in [0.5, 0.6) is 5.75 Å². The van der Waals surface area contributed by atoms with Crippen LogP contribution in [0, 0.1) is 5.41 Å². The van der Waals surface area contributed by atoms with Crippen molar-refractivity contribution >= 4 is 11.8 Å². The average Bonchev–Trinajstić information content (AvgIpc) is 2.85. The monoisotopic (exact) mass is 442 g/mol. The molecule has 0 aliphatic carbocycles. The molecule has 5 nitrogen and oxygen atoms in total. The van der Waals surface area contributed by atoms with Crippen molar-refractivity contribution in [1.29, 1.82) is 0 Å². The summed E-state index contributed by atoms with van der Waals surface area (Å²) in [6.07, 6.45) is 2.21. The Balaban J connectivity index is 1.57. The molecule has 0 radical (unpaired) electrons. The minimum atomic E-state index is -0.785. The Kier molecular flexibility index (Phi) is 6.78. The van der Waals surface area contributed by atoms with Crippen LogP contribution in [0.1, 0.15) is 24.0 Å². The molecule has 5 heteroatoms. The highest BCUT2D eigenvalue weighted by molar-refractivity contribution is 5.85. The van der Waals surface area contributed by atoms with Crippen LogP contribution in [0.2, 0.25) is 0 Å². The SMILES string of the molecule is COc1cccc(CC(=O)N2CCC[C@](Cc3ccccc3-c3ccccc3)(C(N)=O)C2)c1. The van der Waals surface area contributed by atoms with Gasteiger partial charge in [0.1, 0.15) is 5.75 Å². The molecular weight excluding hydrogens is 412 g/mol. The van der Waals surface area contributed by atoms with E-state index in [-0.39, 0.29) is 18.2 Å². The predicted octanol–water partition coefficient (Wildman–Crippen LogP) is 4.24. The highest BCUT2D eigenvalue weighted by atomic mass is 16.5. The molecule has 0 saturated carbocycles. The topological polar surface area (TPSA) is 72.6 Å². The summed E-state index contributed by atoms with van der Waals surface area (Å²) in [6.45, 7) is 0.979. The van der Waals surface area contributed by atoms with E-state index in [4.69, 9.17) is 10.5 Å². The molecule has 3 aromatic rings. The van der Waals surface area contributed by atoms with Crippen LogP contribution >= 0.6 is 0 Å². The van der Waals surface area contributed by atoms with E-state index in [9.17, 15) is 9.59 Å². The molecule has 4 rings (SSSR count). The summed E-state index contributed by atoms with van der Waals surface area (Å²) in [5, 5.41) is 0. The first kappa shape index (κ1) is 22.6. The van der Waals surface area contributed by atoms with Gasteiger partial charge in [0.15, 0.2) is 0 Å². The summed E-state index contributed by atoms with van der Waals surface area (Å²) in [6, 6.07) is 25.8. The van der Waals surface area contributed by atoms with Gasteiger partial charge in [-0.05, 0) is 53.6 Å². The van der Waals surface area contributed by atoms with Gasteiger partial charge in [0, 0.05) is 13.1 Å². The van der Waals surface area contributed by atoms with Crippen molar-refractivity contribution in [2.45, 2.75) is 25.7 Å². The quantitative estimate of drug-likeness (QED) is 0.595. The van der Waals surface area contributed by atoms with Crippen LogP contribution in [0.4, 0.5) is 0 Å². The van der Waals surface area contributed by atoms with E-state index in [0.29, 0.717) is 25.9 Å². The maximum absolute atomic E-state index is 13.2. The van der Waals surface area contributed by atoms with E-state index in [0.717, 1.165) is 34.4 Å². The van der Waals surface area contributed by atoms with Crippen molar-refractivity contribution in [2.24, 2.45) is 11.1 Å². The van der Waals surface area contributed by atoms with Crippen LogP contribution < -0.4 is 10.5 Å². The number of nitrogens with two attached hydrogens (primary N) is 1. The molecule has 1 saturated heterocycles. The summed E-state index contributed by atoms with van der Waals surface area (Å²) < 4.78 is 5.27. The van der Waals surface area contributed by atoms with Crippen LogP contribution in [-0.4, -0.2) is 36.9 Å². The number of primary amides is 1. The largest absolute Gasteiger partial charge is 0.497 e. The molecule has 33 heavy (non-hydrogen) atoms. The summed E-state index contributed by atoms with van der Waals surface area (Å²) in [5.74, 6) is 0.386. The predicted molar refractivity (Wildman–Crippen MR) is 130 cm³/mol. The molecule has 2 amide bonds. The van der Waals surface area contributed by atoms with E-state index in [1.165, 1.54) is 0 Å². The fourth-order valence-electron chi connectivity index (χ4n) is 4.78. The lowest BCUT2D eigenvalue weighted by Crippen LogP contribution is -2.53. The highest BCUT2D eigenvalue weighted by Crippen LogP contribution is 2.37. The molecular formula is C28H30N2O3. The van der Waals surface area contributed by atoms with Crippen LogP contribution in [0.3, 0.4) is 0 Å². The minimum Gasteiger partial charge on any atom is -0.497 e. The lowest BCUT2D eigenvalue weighted by molar-refractivity contribution is -0.139. The van der Waals surface area contributed by atoms with Gasteiger partial charge in [-0.15, -0.1) is 0 Å². The van der Waals surface area contributed by atoms with Gasteiger partial charge in [-0.2, -0.15) is 0 Å². The number of ether oxygens (including phenoxy) is 1. The molecule has 3 aromatic carbocycles. The van der Waals surface area contributed by atoms with Gasteiger partial charge in [0.2, 0.25) is 11.8 Å². The zero-order valence-electron chi connectivity index (χ0n) is 19.0. The number of likely N-dealkylation sites (tertiary alicyclic amines) is 1. The minimum absolute atomic E-state index is 0.00456. The van der Waals surface area contributed by atoms with Gasteiger partial charge in [0.05, 0.1) is 18.9 Å². The highest BCUT2D eigenvalue weighted by Gasteiger charge is 2.42. The third-order valence-corrected chi connectivity index (χ3v) is 6.57. The van der Waals surface area contributed by atoms with E-state index >= 15 is 0 Å². The maximum Gasteiger partial charge on any atom is 0.227 e. The average molecular weight is 443 g/mol. The van der Waals surface area contributed by atoms with Gasteiger partial charge >= 0.3 is 0 Å². The van der Waals surface area contributed by atoms with E-state index in [1.54, 1.807) is 12.0 Å². The smallest absolute Gasteiger partial charge is 0.227 e. The van der Waals surface area contributed by atoms with Gasteiger partial charge in [-0.3, -0.25) is 9.59 Å². The Bertz CT molecular complexity index is 1130. The fourth-order valence-corrected chi connectivity index (χ4v) is 4.78. The molecule has 170 valence electrons. The van der Waals surface area contributed by atoms with E-state index in [1.807, 2.05) is 54.6 Å². The van der Waals surface area contributed by atoms with Gasteiger partial charge in [-0.1, -0.05) is 66.7 Å². The number of carbonyl (C=O) groups is 2. The standard InChI is InChI=1S/C28H30N2O3/c1-33-24-13-7-9-21(17-24)18-26(31)30-16-8-15-28(20-30,27(29)32)19-23-12-5-6-14-25(23)22-10-3-2-4-11-22/h2-7,9-14,17H,8,15-16,18-20H2,1H3,(H2,29,32)/t28-/m1/s1. The molecule has 0 unspecified atom stereocenters. The van der Waals surface area contributed by atoms with Crippen molar-refractivity contribution in [1.82, 2.24) is 4.90 Å². The Morgan fingerprint density at radius 2 is 1.76 bits per heavy atom.